The number of fused-ring (bicyclic) bond motifs is 1. The number of aromatic nitrogens is 1. The van der Waals surface area contributed by atoms with Crippen molar-refractivity contribution in [2.75, 3.05) is 7.11 Å². The van der Waals surface area contributed by atoms with E-state index in [0.29, 0.717) is 11.3 Å². The van der Waals surface area contributed by atoms with Gasteiger partial charge >= 0.3 is 11.9 Å². The van der Waals surface area contributed by atoms with E-state index in [1.165, 1.54) is 43.5 Å². The number of methoxy groups -OCH3 is 1. The molecule has 0 fully saturated rings. The van der Waals surface area contributed by atoms with E-state index in [0.717, 1.165) is 6.07 Å². The Morgan fingerprint density at radius 2 is 1.62 bits per heavy atom. The summed E-state index contributed by atoms with van der Waals surface area (Å²) >= 11 is 0. The normalized spacial score (nSPS) is 11.1. The van der Waals surface area contributed by atoms with Gasteiger partial charge in [-0.05, 0) is 42.0 Å². The second kappa shape index (κ2) is 7.39. The number of aromatic carboxylic acids is 2. The molecule has 1 aromatic heterocycles. The highest BCUT2D eigenvalue weighted by Gasteiger charge is 2.20. The zero-order chi connectivity index (χ0) is 21.3. The summed E-state index contributed by atoms with van der Waals surface area (Å²) in [5, 5.41) is 48.2. The number of benzene rings is 2. The number of carbonyl (C=O) groups is 2. The molecule has 9 heteroatoms. The summed E-state index contributed by atoms with van der Waals surface area (Å²) in [6.45, 7) is 0. The van der Waals surface area contributed by atoms with Gasteiger partial charge in [0.1, 0.15) is 11.1 Å². The van der Waals surface area contributed by atoms with Crippen LogP contribution in [0.1, 0.15) is 32.0 Å². The Labute approximate surface area is 163 Å². The van der Waals surface area contributed by atoms with Gasteiger partial charge in [0.2, 0.25) is 5.75 Å². The first-order valence-electron chi connectivity index (χ1n) is 8.14. The predicted octanol–water partition coefficient (Wildman–Crippen LogP) is 2.93. The number of hydrogen-bond donors (Lipinski definition) is 5. The molecule has 0 aliphatic rings. The van der Waals surface area contributed by atoms with Gasteiger partial charge in [-0.3, -0.25) is 0 Å². The van der Waals surface area contributed by atoms with Crippen LogP contribution in [0.4, 0.5) is 0 Å². The minimum atomic E-state index is -1.48. The number of rotatable bonds is 5. The van der Waals surface area contributed by atoms with Crippen molar-refractivity contribution in [1.82, 2.24) is 4.98 Å². The van der Waals surface area contributed by atoms with Gasteiger partial charge in [0.15, 0.2) is 17.2 Å². The zero-order valence-electron chi connectivity index (χ0n) is 14.9. The predicted molar refractivity (Wildman–Crippen MR) is 103 cm³/mol. The average Bonchev–Trinajstić information content (AvgIpc) is 2.68. The summed E-state index contributed by atoms with van der Waals surface area (Å²) in [6.07, 6.45) is 3.03. The van der Waals surface area contributed by atoms with Crippen molar-refractivity contribution in [3.63, 3.8) is 0 Å². The third-order valence-electron chi connectivity index (χ3n) is 4.18. The standard InChI is InChI=1S/C20H15NO8/c1-29-15-7-9(6-14(22)18(15)24)2-3-10-4-5-11-12(19(25)26)8-13(20(27)28)17(23)16(11)21-10/h2-8,22-24H,1H3,(H,25,26)(H,27,28). The van der Waals surface area contributed by atoms with Crippen LogP contribution in [0.3, 0.4) is 0 Å². The van der Waals surface area contributed by atoms with Gasteiger partial charge in [-0.15, -0.1) is 0 Å². The molecule has 0 amide bonds. The molecule has 0 aliphatic heterocycles. The molecule has 5 N–H and O–H groups in total. The number of carboxylic acid groups (broad SMARTS) is 2. The van der Waals surface area contributed by atoms with E-state index in [-0.39, 0.29) is 28.0 Å². The average molecular weight is 397 g/mol. The number of carboxylic acids is 2. The number of pyridine rings is 1. The third kappa shape index (κ3) is 3.61. The van der Waals surface area contributed by atoms with Crippen LogP contribution in [0.25, 0.3) is 23.1 Å². The van der Waals surface area contributed by atoms with Crippen LogP contribution >= 0.6 is 0 Å². The number of ether oxygens (including phenoxy) is 1. The molecule has 3 aromatic rings. The van der Waals surface area contributed by atoms with Crippen LogP contribution in [0.5, 0.6) is 23.0 Å². The lowest BCUT2D eigenvalue weighted by Crippen LogP contribution is -2.05. The fourth-order valence-corrected chi connectivity index (χ4v) is 2.77. The van der Waals surface area contributed by atoms with Crippen LogP contribution in [-0.4, -0.2) is 49.6 Å². The van der Waals surface area contributed by atoms with E-state index in [4.69, 9.17) is 4.74 Å². The van der Waals surface area contributed by atoms with Crippen molar-refractivity contribution in [1.29, 1.82) is 0 Å². The third-order valence-corrected chi connectivity index (χ3v) is 4.18. The molecule has 0 unspecified atom stereocenters. The Balaban J connectivity index is 2.11. The highest BCUT2D eigenvalue weighted by molar-refractivity contribution is 6.09. The smallest absolute Gasteiger partial charge is 0.339 e. The molecule has 148 valence electrons. The topological polar surface area (TPSA) is 157 Å². The second-order valence-corrected chi connectivity index (χ2v) is 5.99. The van der Waals surface area contributed by atoms with Crippen LogP contribution in [0.15, 0.2) is 30.3 Å². The first kappa shape index (κ1) is 19.5. The van der Waals surface area contributed by atoms with Gasteiger partial charge in [0, 0.05) is 5.39 Å². The molecule has 0 saturated heterocycles. The van der Waals surface area contributed by atoms with Gasteiger partial charge in [-0.1, -0.05) is 6.08 Å². The lowest BCUT2D eigenvalue weighted by atomic mass is 10.0. The molecular weight excluding hydrogens is 382 g/mol. The summed E-state index contributed by atoms with van der Waals surface area (Å²) in [5.74, 6) is -4.20. The summed E-state index contributed by atoms with van der Waals surface area (Å²) in [5.41, 5.74) is -0.286. The van der Waals surface area contributed by atoms with Crippen LogP contribution < -0.4 is 4.74 Å². The Bertz CT molecular complexity index is 1180. The highest BCUT2D eigenvalue weighted by atomic mass is 16.5. The SMILES string of the molecule is COc1cc(C=Cc2ccc3c(C(=O)O)cc(C(=O)O)c(O)c3n2)cc(O)c1O. The number of nitrogens with zero attached hydrogens (tertiary/aromatic N) is 1. The van der Waals surface area contributed by atoms with Crippen molar-refractivity contribution < 1.29 is 39.9 Å². The lowest BCUT2D eigenvalue weighted by Gasteiger charge is -2.09. The van der Waals surface area contributed by atoms with Gasteiger partial charge in [0.25, 0.3) is 0 Å². The van der Waals surface area contributed by atoms with Crippen molar-refractivity contribution in [2.24, 2.45) is 0 Å². The maximum absolute atomic E-state index is 11.4. The quantitative estimate of drug-likeness (QED) is 0.408. The Morgan fingerprint density at radius 1 is 0.931 bits per heavy atom. The van der Waals surface area contributed by atoms with Crippen molar-refractivity contribution in [2.45, 2.75) is 0 Å². The maximum Gasteiger partial charge on any atom is 0.339 e. The van der Waals surface area contributed by atoms with E-state index in [2.05, 4.69) is 4.98 Å². The molecule has 2 aromatic carbocycles. The molecule has 0 bridgehead atoms. The van der Waals surface area contributed by atoms with Crippen molar-refractivity contribution >= 4 is 35.0 Å². The Hall–Kier alpha value is -4.27. The number of phenols is 3. The fraction of sp³-hybridized carbons (Fsp3) is 0.0500. The van der Waals surface area contributed by atoms with E-state index >= 15 is 0 Å². The summed E-state index contributed by atoms with van der Waals surface area (Å²) < 4.78 is 4.96. The van der Waals surface area contributed by atoms with Gasteiger partial charge in [0.05, 0.1) is 18.4 Å². The Kier molecular flexibility index (Phi) is 4.97. The summed E-state index contributed by atoms with van der Waals surface area (Å²) in [4.78, 5) is 26.9. The van der Waals surface area contributed by atoms with Crippen LogP contribution in [-0.2, 0) is 0 Å². The first-order valence-corrected chi connectivity index (χ1v) is 8.14. The van der Waals surface area contributed by atoms with E-state index in [1.807, 2.05) is 0 Å². The number of phenolic OH excluding ortho intramolecular Hbond substituents is 2. The minimum Gasteiger partial charge on any atom is -0.505 e. The summed E-state index contributed by atoms with van der Waals surface area (Å²) in [7, 11) is 1.33. The largest absolute Gasteiger partial charge is 0.505 e. The number of aromatic hydroxyl groups is 3. The van der Waals surface area contributed by atoms with Crippen LogP contribution in [0, 0.1) is 0 Å². The van der Waals surface area contributed by atoms with Crippen LogP contribution in [0.2, 0.25) is 0 Å². The molecule has 1 heterocycles. The van der Waals surface area contributed by atoms with E-state index < -0.39 is 29.0 Å². The molecule has 9 nitrogen and oxygen atoms in total. The molecule has 0 radical (unpaired) electrons. The maximum atomic E-state index is 11.4. The first-order chi connectivity index (χ1) is 13.7. The molecule has 3 rings (SSSR count). The lowest BCUT2D eigenvalue weighted by molar-refractivity contribution is 0.0693. The van der Waals surface area contributed by atoms with Crippen molar-refractivity contribution in [3.8, 4) is 23.0 Å². The molecule has 29 heavy (non-hydrogen) atoms. The molecule has 0 atom stereocenters. The second-order valence-electron chi connectivity index (χ2n) is 5.99. The van der Waals surface area contributed by atoms with E-state index in [9.17, 15) is 35.1 Å². The minimum absolute atomic E-state index is 0.0611. The van der Waals surface area contributed by atoms with E-state index in [1.54, 1.807) is 0 Å². The fourth-order valence-electron chi connectivity index (χ4n) is 2.77. The van der Waals surface area contributed by atoms with Crippen molar-refractivity contribution in [3.05, 3.63) is 52.7 Å². The monoisotopic (exact) mass is 397 g/mol. The summed E-state index contributed by atoms with van der Waals surface area (Å²) in [6, 6.07) is 6.53. The van der Waals surface area contributed by atoms with Gasteiger partial charge in [-0.2, -0.15) is 0 Å². The highest BCUT2D eigenvalue weighted by Crippen LogP contribution is 2.37. The van der Waals surface area contributed by atoms with Gasteiger partial charge in [-0.25, -0.2) is 14.6 Å². The van der Waals surface area contributed by atoms with Gasteiger partial charge < -0.3 is 30.3 Å². The Morgan fingerprint density at radius 3 is 2.24 bits per heavy atom. The molecule has 0 aliphatic carbocycles. The molecule has 0 saturated carbocycles. The molecule has 0 spiro atoms. The number of hydrogen-bond acceptors (Lipinski definition) is 7. The zero-order valence-corrected chi connectivity index (χ0v) is 14.9. The molecular formula is C20H15NO8.